The smallest absolute Gasteiger partial charge is 0.162 e. The molecule has 0 saturated heterocycles. The molecule has 2 aromatic rings. The second kappa shape index (κ2) is 6.42. The van der Waals surface area contributed by atoms with Crippen LogP contribution in [0.5, 0.6) is 11.5 Å². The Morgan fingerprint density at radius 1 is 1.30 bits per heavy atom. The molecule has 0 amide bonds. The Morgan fingerprint density at radius 2 is 2.10 bits per heavy atom. The SMILES string of the molecule is COc1cc(C#N)ccc1OC(c1cccs1)C(C)N. The molecule has 0 radical (unpaired) electrons. The molecular formula is C15H16N2O2S. The molecule has 0 aliphatic rings. The van der Waals surface area contributed by atoms with Crippen LogP contribution in [0.15, 0.2) is 35.7 Å². The van der Waals surface area contributed by atoms with E-state index in [1.54, 1.807) is 36.6 Å². The summed E-state index contributed by atoms with van der Waals surface area (Å²) in [6, 6.07) is 11.0. The average Bonchev–Trinajstić information content (AvgIpc) is 2.98. The third-order valence-corrected chi connectivity index (χ3v) is 3.78. The largest absolute Gasteiger partial charge is 0.493 e. The number of hydrogen-bond acceptors (Lipinski definition) is 5. The van der Waals surface area contributed by atoms with Crippen molar-refractivity contribution in [2.24, 2.45) is 5.73 Å². The summed E-state index contributed by atoms with van der Waals surface area (Å²) in [6.07, 6.45) is -0.239. The van der Waals surface area contributed by atoms with Gasteiger partial charge in [-0.25, -0.2) is 0 Å². The van der Waals surface area contributed by atoms with E-state index < -0.39 is 0 Å². The molecule has 2 N–H and O–H groups in total. The van der Waals surface area contributed by atoms with Crippen molar-refractivity contribution in [1.29, 1.82) is 5.26 Å². The first kappa shape index (κ1) is 14.4. The Kier molecular flexibility index (Phi) is 4.61. The molecule has 5 heteroatoms. The molecule has 0 saturated carbocycles. The maximum atomic E-state index is 8.90. The van der Waals surface area contributed by atoms with Crippen molar-refractivity contribution in [3.63, 3.8) is 0 Å². The summed E-state index contributed by atoms with van der Waals surface area (Å²) in [7, 11) is 1.55. The maximum absolute atomic E-state index is 8.90. The van der Waals surface area contributed by atoms with E-state index in [-0.39, 0.29) is 12.1 Å². The van der Waals surface area contributed by atoms with Gasteiger partial charge in [-0.3, -0.25) is 0 Å². The number of benzene rings is 1. The van der Waals surface area contributed by atoms with Gasteiger partial charge >= 0.3 is 0 Å². The van der Waals surface area contributed by atoms with Gasteiger partial charge in [0.25, 0.3) is 0 Å². The van der Waals surface area contributed by atoms with E-state index in [1.165, 1.54) is 0 Å². The molecule has 1 aromatic carbocycles. The fourth-order valence-corrected chi connectivity index (χ4v) is 2.72. The van der Waals surface area contributed by atoms with E-state index in [4.69, 9.17) is 20.5 Å². The van der Waals surface area contributed by atoms with E-state index in [1.807, 2.05) is 24.4 Å². The van der Waals surface area contributed by atoms with Crippen molar-refractivity contribution >= 4 is 11.3 Å². The summed E-state index contributed by atoms with van der Waals surface area (Å²) in [5.41, 5.74) is 6.54. The normalized spacial score (nSPS) is 13.3. The van der Waals surface area contributed by atoms with Crippen LogP contribution in [0.25, 0.3) is 0 Å². The molecule has 0 bridgehead atoms. The molecule has 2 atom stereocenters. The van der Waals surface area contributed by atoms with Gasteiger partial charge in [0.2, 0.25) is 0 Å². The summed E-state index contributed by atoms with van der Waals surface area (Å²) >= 11 is 1.60. The van der Waals surface area contributed by atoms with Gasteiger partial charge in [-0.1, -0.05) is 6.07 Å². The minimum absolute atomic E-state index is 0.158. The standard InChI is InChI=1S/C15H16N2O2S/c1-10(17)15(14-4-3-7-20-14)19-12-6-5-11(9-16)8-13(12)18-2/h3-8,10,15H,17H2,1-2H3. The van der Waals surface area contributed by atoms with Gasteiger partial charge in [-0.05, 0) is 30.5 Å². The molecule has 0 aliphatic carbocycles. The molecule has 0 spiro atoms. The van der Waals surface area contributed by atoms with E-state index in [0.29, 0.717) is 17.1 Å². The molecule has 20 heavy (non-hydrogen) atoms. The van der Waals surface area contributed by atoms with Crippen molar-refractivity contribution in [3.05, 3.63) is 46.2 Å². The molecule has 0 fully saturated rings. The van der Waals surface area contributed by atoms with Gasteiger partial charge in [0.1, 0.15) is 6.10 Å². The Labute approximate surface area is 122 Å². The highest BCUT2D eigenvalue weighted by Gasteiger charge is 2.21. The Balaban J connectivity index is 2.30. The summed E-state index contributed by atoms with van der Waals surface area (Å²) in [5, 5.41) is 10.9. The Morgan fingerprint density at radius 3 is 2.65 bits per heavy atom. The molecule has 2 rings (SSSR count). The highest BCUT2D eigenvalue weighted by Crippen LogP contribution is 2.34. The number of nitrogens with two attached hydrogens (primary N) is 1. The number of nitrogens with zero attached hydrogens (tertiary/aromatic N) is 1. The number of hydrogen-bond donors (Lipinski definition) is 1. The molecule has 1 aromatic heterocycles. The van der Waals surface area contributed by atoms with Crippen molar-refractivity contribution in [2.45, 2.75) is 19.1 Å². The van der Waals surface area contributed by atoms with Gasteiger partial charge in [0.05, 0.1) is 18.7 Å². The van der Waals surface area contributed by atoms with Crippen LogP contribution in [0.4, 0.5) is 0 Å². The highest BCUT2D eigenvalue weighted by atomic mass is 32.1. The zero-order valence-corrected chi connectivity index (χ0v) is 12.2. The van der Waals surface area contributed by atoms with Gasteiger partial charge in [-0.2, -0.15) is 5.26 Å². The van der Waals surface area contributed by atoms with Gasteiger partial charge in [0.15, 0.2) is 11.5 Å². The number of ether oxygens (including phenoxy) is 2. The van der Waals surface area contributed by atoms with E-state index in [0.717, 1.165) is 4.88 Å². The summed E-state index contributed by atoms with van der Waals surface area (Å²) in [6.45, 7) is 1.90. The third kappa shape index (κ3) is 3.10. The predicted molar refractivity (Wildman–Crippen MR) is 79.0 cm³/mol. The van der Waals surface area contributed by atoms with Crippen LogP contribution in [0.1, 0.15) is 23.5 Å². The number of thiophene rings is 1. The maximum Gasteiger partial charge on any atom is 0.162 e. The number of methoxy groups -OCH3 is 1. The summed E-state index contributed by atoms with van der Waals surface area (Å²) in [4.78, 5) is 1.06. The first-order chi connectivity index (χ1) is 9.65. The van der Waals surface area contributed by atoms with Crippen LogP contribution in [0.3, 0.4) is 0 Å². The predicted octanol–water partition coefficient (Wildman–Crippen LogP) is 3.10. The fraction of sp³-hybridized carbons (Fsp3) is 0.267. The van der Waals surface area contributed by atoms with Crippen LogP contribution in [0, 0.1) is 11.3 Å². The second-order valence-electron chi connectivity index (χ2n) is 4.39. The minimum Gasteiger partial charge on any atom is -0.493 e. The van der Waals surface area contributed by atoms with Crippen LogP contribution >= 0.6 is 11.3 Å². The minimum atomic E-state index is -0.239. The highest BCUT2D eigenvalue weighted by molar-refractivity contribution is 7.10. The van der Waals surface area contributed by atoms with Crippen LogP contribution in [0.2, 0.25) is 0 Å². The molecule has 0 aliphatic heterocycles. The van der Waals surface area contributed by atoms with Gasteiger partial charge < -0.3 is 15.2 Å². The second-order valence-corrected chi connectivity index (χ2v) is 5.37. The lowest BCUT2D eigenvalue weighted by molar-refractivity contribution is 0.176. The quantitative estimate of drug-likeness (QED) is 0.918. The van der Waals surface area contributed by atoms with Gasteiger partial charge in [0, 0.05) is 17.0 Å². The lowest BCUT2D eigenvalue weighted by atomic mass is 10.1. The topological polar surface area (TPSA) is 68.3 Å². The lowest BCUT2D eigenvalue weighted by Gasteiger charge is -2.22. The summed E-state index contributed by atoms with van der Waals surface area (Å²) in [5.74, 6) is 1.12. The zero-order valence-electron chi connectivity index (χ0n) is 11.4. The van der Waals surface area contributed by atoms with Crippen LogP contribution in [-0.4, -0.2) is 13.2 Å². The first-order valence-corrected chi connectivity index (χ1v) is 7.07. The van der Waals surface area contributed by atoms with E-state index >= 15 is 0 Å². The fourth-order valence-electron chi connectivity index (χ4n) is 1.85. The van der Waals surface area contributed by atoms with Crippen molar-refractivity contribution in [1.82, 2.24) is 0 Å². The number of nitriles is 1. The summed E-state index contributed by atoms with van der Waals surface area (Å²) < 4.78 is 11.3. The van der Waals surface area contributed by atoms with Crippen molar-refractivity contribution < 1.29 is 9.47 Å². The van der Waals surface area contributed by atoms with E-state index in [2.05, 4.69) is 6.07 Å². The molecule has 1 heterocycles. The first-order valence-electron chi connectivity index (χ1n) is 6.19. The van der Waals surface area contributed by atoms with Crippen molar-refractivity contribution in [2.75, 3.05) is 7.11 Å². The van der Waals surface area contributed by atoms with Crippen molar-refractivity contribution in [3.8, 4) is 17.6 Å². The Bertz CT molecular complexity index is 603. The van der Waals surface area contributed by atoms with Gasteiger partial charge in [-0.15, -0.1) is 11.3 Å². The Hall–Kier alpha value is -2.03. The molecule has 4 nitrogen and oxygen atoms in total. The monoisotopic (exact) mass is 288 g/mol. The van der Waals surface area contributed by atoms with E-state index in [9.17, 15) is 0 Å². The lowest BCUT2D eigenvalue weighted by Crippen LogP contribution is -2.28. The zero-order chi connectivity index (χ0) is 14.5. The average molecular weight is 288 g/mol. The molecular weight excluding hydrogens is 272 g/mol. The van der Waals surface area contributed by atoms with Crippen LogP contribution in [-0.2, 0) is 0 Å². The molecule has 2 unspecified atom stereocenters. The third-order valence-electron chi connectivity index (χ3n) is 2.85. The van der Waals surface area contributed by atoms with Crippen LogP contribution < -0.4 is 15.2 Å². The number of rotatable bonds is 5. The molecule has 104 valence electrons.